The van der Waals surface area contributed by atoms with Gasteiger partial charge >= 0.3 is 0 Å². The second kappa shape index (κ2) is 6.11. The van der Waals surface area contributed by atoms with E-state index in [1.54, 1.807) is 6.07 Å². The Bertz CT molecular complexity index is 681. The average Bonchev–Trinajstić information content (AvgIpc) is 2.22. The van der Waals surface area contributed by atoms with Gasteiger partial charge in [0.2, 0.25) is 20.0 Å². The largest absolute Gasteiger partial charge is 0.269 e. The molecule has 0 heterocycles. The molecule has 0 unspecified atom stereocenters. The Hall–Kier alpha value is -1.12. The summed E-state index contributed by atoms with van der Waals surface area (Å²) >= 11 is 0. The smallest absolute Gasteiger partial charge is 0.232 e. The number of sulfonamides is 2. The molecular formula is C12H20N2O4S2. The number of benzene rings is 1. The van der Waals surface area contributed by atoms with Crippen LogP contribution in [0.25, 0.3) is 0 Å². The van der Waals surface area contributed by atoms with Crippen molar-refractivity contribution in [3.63, 3.8) is 0 Å². The number of hydrogen-bond acceptors (Lipinski definition) is 4. The van der Waals surface area contributed by atoms with E-state index in [9.17, 15) is 16.8 Å². The molecule has 20 heavy (non-hydrogen) atoms. The van der Waals surface area contributed by atoms with Crippen LogP contribution in [0.3, 0.4) is 0 Å². The van der Waals surface area contributed by atoms with E-state index in [-0.39, 0.29) is 13.1 Å². The molecule has 0 saturated heterocycles. The van der Waals surface area contributed by atoms with Crippen LogP contribution in [0.4, 0.5) is 5.69 Å². The zero-order valence-electron chi connectivity index (χ0n) is 12.0. The molecule has 0 saturated carbocycles. The zero-order chi connectivity index (χ0) is 15.6. The first-order chi connectivity index (χ1) is 9.00. The molecule has 8 heteroatoms. The lowest BCUT2D eigenvalue weighted by molar-refractivity contribution is 0.583. The SMILES string of the molecule is Cc1ccc(N(CCNS(C)(=O)=O)S(C)(=O)=O)c(C)c1. The Balaban J connectivity index is 3.02. The Morgan fingerprint density at radius 2 is 1.70 bits per heavy atom. The molecule has 114 valence electrons. The van der Waals surface area contributed by atoms with Crippen molar-refractivity contribution in [2.75, 3.05) is 29.9 Å². The minimum absolute atomic E-state index is 0.0270. The van der Waals surface area contributed by atoms with Crippen molar-refractivity contribution in [1.29, 1.82) is 0 Å². The fraction of sp³-hybridized carbons (Fsp3) is 0.500. The van der Waals surface area contributed by atoms with E-state index < -0.39 is 20.0 Å². The molecule has 1 aromatic rings. The summed E-state index contributed by atoms with van der Waals surface area (Å²) < 4.78 is 49.3. The van der Waals surface area contributed by atoms with Crippen LogP contribution < -0.4 is 9.03 Å². The van der Waals surface area contributed by atoms with Gasteiger partial charge in [0.1, 0.15) is 0 Å². The molecular weight excluding hydrogens is 300 g/mol. The van der Waals surface area contributed by atoms with Crippen LogP contribution in [0.1, 0.15) is 11.1 Å². The number of nitrogens with one attached hydrogen (secondary N) is 1. The molecule has 0 radical (unpaired) electrons. The van der Waals surface area contributed by atoms with Gasteiger partial charge in [0.05, 0.1) is 18.2 Å². The molecule has 0 aromatic heterocycles. The molecule has 0 fully saturated rings. The molecule has 1 rings (SSSR count). The molecule has 0 atom stereocenters. The number of aryl methyl sites for hydroxylation is 2. The number of nitrogens with zero attached hydrogens (tertiary/aromatic N) is 1. The summed E-state index contributed by atoms with van der Waals surface area (Å²) in [6.45, 7) is 3.83. The summed E-state index contributed by atoms with van der Waals surface area (Å²) in [5.74, 6) is 0. The van der Waals surface area contributed by atoms with Crippen LogP contribution in [0, 0.1) is 13.8 Å². The van der Waals surface area contributed by atoms with Crippen LogP contribution in [-0.2, 0) is 20.0 Å². The molecule has 0 aliphatic carbocycles. The van der Waals surface area contributed by atoms with Gasteiger partial charge < -0.3 is 0 Å². The van der Waals surface area contributed by atoms with Crippen LogP contribution >= 0.6 is 0 Å². The van der Waals surface area contributed by atoms with E-state index in [1.807, 2.05) is 26.0 Å². The van der Waals surface area contributed by atoms with Crippen molar-refractivity contribution in [2.24, 2.45) is 0 Å². The Morgan fingerprint density at radius 3 is 2.15 bits per heavy atom. The van der Waals surface area contributed by atoms with Crippen molar-refractivity contribution in [3.8, 4) is 0 Å². The molecule has 0 aliphatic rings. The van der Waals surface area contributed by atoms with Gasteiger partial charge in [0.25, 0.3) is 0 Å². The maximum atomic E-state index is 11.9. The van der Waals surface area contributed by atoms with Crippen molar-refractivity contribution < 1.29 is 16.8 Å². The van der Waals surface area contributed by atoms with Gasteiger partial charge in [-0.25, -0.2) is 21.6 Å². The standard InChI is InChI=1S/C12H20N2O4S2/c1-10-5-6-12(11(2)9-10)14(20(4,17)18)8-7-13-19(3,15)16/h5-6,9,13H,7-8H2,1-4H3. The molecule has 0 bridgehead atoms. The summed E-state index contributed by atoms with van der Waals surface area (Å²) in [4.78, 5) is 0. The lowest BCUT2D eigenvalue weighted by atomic mass is 10.1. The lowest BCUT2D eigenvalue weighted by Gasteiger charge is -2.24. The molecule has 0 amide bonds. The van der Waals surface area contributed by atoms with Crippen LogP contribution in [0.2, 0.25) is 0 Å². The topological polar surface area (TPSA) is 83.6 Å². The predicted molar refractivity (Wildman–Crippen MR) is 81.0 cm³/mol. The second-order valence-electron chi connectivity index (χ2n) is 4.79. The number of rotatable bonds is 6. The minimum Gasteiger partial charge on any atom is -0.269 e. The van der Waals surface area contributed by atoms with Gasteiger partial charge in [-0.3, -0.25) is 4.31 Å². The van der Waals surface area contributed by atoms with E-state index in [1.165, 1.54) is 4.31 Å². The summed E-state index contributed by atoms with van der Waals surface area (Å²) in [7, 11) is -6.81. The summed E-state index contributed by atoms with van der Waals surface area (Å²) in [5.41, 5.74) is 2.43. The Morgan fingerprint density at radius 1 is 1.10 bits per heavy atom. The first-order valence-corrected chi connectivity index (χ1v) is 9.74. The number of hydrogen-bond donors (Lipinski definition) is 1. The lowest BCUT2D eigenvalue weighted by Crippen LogP contribution is -2.38. The highest BCUT2D eigenvalue weighted by Gasteiger charge is 2.19. The van der Waals surface area contributed by atoms with Crippen LogP contribution in [0.15, 0.2) is 18.2 Å². The fourth-order valence-corrected chi connectivity index (χ4v) is 3.33. The Kier molecular flexibility index (Phi) is 5.17. The molecule has 1 N–H and O–H groups in total. The third-order valence-corrected chi connectivity index (χ3v) is 4.61. The van der Waals surface area contributed by atoms with E-state index in [0.29, 0.717) is 5.69 Å². The molecule has 0 spiro atoms. The van der Waals surface area contributed by atoms with Crippen molar-refractivity contribution in [3.05, 3.63) is 29.3 Å². The van der Waals surface area contributed by atoms with Crippen LogP contribution in [0.5, 0.6) is 0 Å². The van der Waals surface area contributed by atoms with Gasteiger partial charge in [0, 0.05) is 13.1 Å². The van der Waals surface area contributed by atoms with Gasteiger partial charge in [0.15, 0.2) is 0 Å². The highest BCUT2D eigenvalue weighted by Crippen LogP contribution is 2.23. The summed E-state index contributed by atoms with van der Waals surface area (Å²) in [5, 5.41) is 0. The minimum atomic E-state index is -3.47. The highest BCUT2D eigenvalue weighted by atomic mass is 32.2. The zero-order valence-corrected chi connectivity index (χ0v) is 13.7. The first-order valence-electron chi connectivity index (χ1n) is 6.00. The maximum Gasteiger partial charge on any atom is 0.232 e. The van der Waals surface area contributed by atoms with Gasteiger partial charge in [-0.2, -0.15) is 0 Å². The fourth-order valence-electron chi connectivity index (χ4n) is 1.88. The maximum absolute atomic E-state index is 11.9. The monoisotopic (exact) mass is 320 g/mol. The van der Waals surface area contributed by atoms with Crippen molar-refractivity contribution in [2.45, 2.75) is 13.8 Å². The third-order valence-electron chi connectivity index (χ3n) is 2.70. The quantitative estimate of drug-likeness (QED) is 0.833. The summed E-state index contributed by atoms with van der Waals surface area (Å²) in [6.07, 6.45) is 2.14. The highest BCUT2D eigenvalue weighted by molar-refractivity contribution is 7.92. The average molecular weight is 320 g/mol. The van der Waals surface area contributed by atoms with Crippen LogP contribution in [-0.4, -0.2) is 42.4 Å². The Labute approximate surface area is 120 Å². The van der Waals surface area contributed by atoms with Gasteiger partial charge in [-0.15, -0.1) is 0 Å². The summed E-state index contributed by atoms with van der Waals surface area (Å²) in [6, 6.07) is 5.44. The molecule has 1 aromatic carbocycles. The molecule has 6 nitrogen and oxygen atoms in total. The van der Waals surface area contributed by atoms with Crippen molar-refractivity contribution in [1.82, 2.24) is 4.72 Å². The van der Waals surface area contributed by atoms with E-state index in [0.717, 1.165) is 23.6 Å². The second-order valence-corrected chi connectivity index (χ2v) is 8.53. The molecule has 0 aliphatic heterocycles. The van der Waals surface area contributed by atoms with Gasteiger partial charge in [-0.05, 0) is 25.5 Å². The third kappa shape index (κ3) is 5.10. The van der Waals surface area contributed by atoms with E-state index in [2.05, 4.69) is 4.72 Å². The predicted octanol–water partition coefficient (Wildman–Crippen LogP) is 0.619. The van der Waals surface area contributed by atoms with Gasteiger partial charge in [-0.1, -0.05) is 17.7 Å². The van der Waals surface area contributed by atoms with Crippen molar-refractivity contribution >= 4 is 25.7 Å². The normalized spacial score (nSPS) is 12.4. The van der Waals surface area contributed by atoms with E-state index in [4.69, 9.17) is 0 Å². The first kappa shape index (κ1) is 16.9. The number of anilines is 1. The van der Waals surface area contributed by atoms with E-state index >= 15 is 0 Å².